The van der Waals surface area contributed by atoms with Crippen LogP contribution in [0.2, 0.25) is 0 Å². The van der Waals surface area contributed by atoms with Crippen molar-refractivity contribution >= 4 is 50.5 Å². The molecule has 7 rings (SSSR count). The molecule has 3 N–H and O–H groups in total. The first-order valence-corrected chi connectivity index (χ1v) is 23.0. The first-order chi connectivity index (χ1) is 29.7. The Labute approximate surface area is 367 Å². The summed E-state index contributed by atoms with van der Waals surface area (Å²) in [6.07, 6.45) is 0.822. The molecule has 0 amide bonds. The number of hydrogen-bond acceptors (Lipinski definition) is 8. The number of aromatic nitrogens is 1. The fourth-order valence-electron chi connectivity index (χ4n) is 7.87. The van der Waals surface area contributed by atoms with Crippen LogP contribution in [0.3, 0.4) is 0 Å². The van der Waals surface area contributed by atoms with E-state index in [9.17, 15) is 27.1 Å². The van der Waals surface area contributed by atoms with Crippen molar-refractivity contribution in [3.05, 3.63) is 144 Å². The lowest BCUT2D eigenvalue weighted by Gasteiger charge is -2.37. The smallest absolute Gasteiger partial charge is 0.338 e. The molecule has 1 fully saturated rings. The molecule has 0 saturated carbocycles. The first-order valence-electron chi connectivity index (χ1n) is 20.5. The van der Waals surface area contributed by atoms with E-state index >= 15 is 0 Å². The van der Waals surface area contributed by atoms with Crippen LogP contribution in [0.25, 0.3) is 22.4 Å². The number of benzene rings is 5. The number of nitrogens with zero attached hydrogens (tertiary/aromatic N) is 4. The van der Waals surface area contributed by atoms with Crippen LogP contribution < -0.4 is 19.8 Å². The number of nitrogens with one attached hydrogen (secondary N) is 2. The van der Waals surface area contributed by atoms with Gasteiger partial charge in [-0.05, 0) is 149 Å². The summed E-state index contributed by atoms with van der Waals surface area (Å²) >= 11 is 1.46. The summed E-state index contributed by atoms with van der Waals surface area (Å²) in [5, 5.41) is 13.9. The zero-order chi connectivity index (χ0) is 44.1. The molecule has 62 heavy (non-hydrogen) atoms. The van der Waals surface area contributed by atoms with Gasteiger partial charge in [0.15, 0.2) is 0 Å². The highest BCUT2D eigenvalue weighted by atomic mass is 32.2. The highest BCUT2D eigenvalue weighted by Crippen LogP contribution is 2.40. The number of sulfonamides is 1. The number of rotatable bonds is 16. The Morgan fingerprint density at radius 3 is 2.15 bits per heavy atom. The number of carboxylic acid groups (broad SMARTS) is 1. The van der Waals surface area contributed by atoms with Crippen LogP contribution >= 0.6 is 11.8 Å². The minimum absolute atomic E-state index is 0.0237. The number of hydrogen-bond donors (Lipinski definition) is 3. The zero-order valence-electron chi connectivity index (χ0n) is 35.5. The maximum absolute atomic E-state index is 14.3. The van der Waals surface area contributed by atoms with Gasteiger partial charge in [-0.2, -0.15) is 0 Å². The molecule has 2 heterocycles. The monoisotopic (exact) mass is 878 g/mol. The van der Waals surface area contributed by atoms with Crippen LogP contribution in [0.4, 0.5) is 31.5 Å². The number of piperazine rings is 1. The van der Waals surface area contributed by atoms with E-state index in [-0.39, 0.29) is 28.1 Å². The molecule has 14 heteroatoms. The topological polar surface area (TPSA) is 110 Å². The summed E-state index contributed by atoms with van der Waals surface area (Å²) < 4.78 is 59.9. The molecule has 0 radical (unpaired) electrons. The molecule has 0 bridgehead atoms. The first kappa shape index (κ1) is 44.2. The van der Waals surface area contributed by atoms with Crippen molar-refractivity contribution in [3.8, 4) is 22.4 Å². The van der Waals surface area contributed by atoms with E-state index in [1.165, 1.54) is 30.0 Å². The summed E-state index contributed by atoms with van der Waals surface area (Å²) in [5.41, 5.74) is 7.63. The average Bonchev–Trinajstić information content (AvgIpc) is 3.52. The molecule has 1 aliphatic heterocycles. The van der Waals surface area contributed by atoms with E-state index in [2.05, 4.69) is 24.7 Å². The molecule has 0 spiro atoms. The van der Waals surface area contributed by atoms with E-state index in [0.717, 1.165) is 59.8 Å². The predicted molar refractivity (Wildman–Crippen MR) is 249 cm³/mol. The van der Waals surface area contributed by atoms with Gasteiger partial charge in [0.25, 0.3) is 10.0 Å². The van der Waals surface area contributed by atoms with Crippen LogP contribution in [-0.4, -0.2) is 87.6 Å². The third kappa shape index (κ3) is 10.1. The minimum Gasteiger partial charge on any atom is -0.478 e. The van der Waals surface area contributed by atoms with Crippen LogP contribution in [0, 0.1) is 25.5 Å². The van der Waals surface area contributed by atoms with Gasteiger partial charge in [0.05, 0.1) is 16.2 Å². The van der Waals surface area contributed by atoms with E-state index in [1.807, 2.05) is 75.1 Å². The number of aromatic carboxylic acids is 1. The largest absolute Gasteiger partial charge is 0.478 e. The second kappa shape index (κ2) is 19.1. The lowest BCUT2D eigenvalue weighted by atomic mass is 9.96. The molecular weight excluding hydrogens is 827 g/mol. The van der Waals surface area contributed by atoms with Crippen LogP contribution in [0.1, 0.15) is 28.0 Å². The Morgan fingerprint density at radius 2 is 1.50 bits per heavy atom. The fourth-order valence-corrected chi connectivity index (χ4v) is 10.0. The van der Waals surface area contributed by atoms with Gasteiger partial charge < -0.3 is 29.7 Å². The third-order valence-corrected chi connectivity index (χ3v) is 13.9. The summed E-state index contributed by atoms with van der Waals surface area (Å²) in [4.78, 5) is 20.0. The Bertz CT molecular complexity index is 2650. The number of thioether (sulfide) groups is 1. The van der Waals surface area contributed by atoms with Gasteiger partial charge in [-0.3, -0.25) is 4.72 Å². The van der Waals surface area contributed by atoms with Gasteiger partial charge in [0.2, 0.25) is 0 Å². The summed E-state index contributed by atoms with van der Waals surface area (Å²) in [6, 6.07) is 33.2. The van der Waals surface area contributed by atoms with Gasteiger partial charge in [-0.25, -0.2) is 22.0 Å². The Hall–Kier alpha value is -5.83. The summed E-state index contributed by atoms with van der Waals surface area (Å²) in [5.74, 6) is -0.984. The zero-order valence-corrected chi connectivity index (χ0v) is 37.2. The van der Waals surface area contributed by atoms with Gasteiger partial charge in [-0.15, -0.1) is 11.8 Å². The van der Waals surface area contributed by atoms with Crippen LogP contribution in [0.5, 0.6) is 0 Å². The van der Waals surface area contributed by atoms with Gasteiger partial charge in [-0.1, -0.05) is 24.3 Å². The number of halogens is 2. The molecule has 0 aliphatic carbocycles. The highest BCUT2D eigenvalue weighted by Gasteiger charge is 2.27. The van der Waals surface area contributed by atoms with E-state index in [4.69, 9.17) is 0 Å². The highest BCUT2D eigenvalue weighted by molar-refractivity contribution is 7.99. The van der Waals surface area contributed by atoms with Gasteiger partial charge in [0.1, 0.15) is 11.6 Å². The minimum atomic E-state index is -3.88. The van der Waals surface area contributed by atoms with Crippen molar-refractivity contribution < 1.29 is 27.1 Å². The maximum atomic E-state index is 14.3. The third-order valence-electron chi connectivity index (χ3n) is 11.4. The molecular formula is C48H52F2N6O4S2. The summed E-state index contributed by atoms with van der Waals surface area (Å²) in [7, 11) is 1.97. The summed E-state index contributed by atoms with van der Waals surface area (Å²) in [6.45, 7) is 7.37. The number of carbonyl (C=O) groups is 1. The number of anilines is 4. The molecule has 10 nitrogen and oxygen atoms in total. The lowest BCUT2D eigenvalue weighted by molar-refractivity contribution is 0.0696. The van der Waals surface area contributed by atoms with Crippen LogP contribution in [-0.2, 0) is 17.1 Å². The molecule has 0 unspecified atom stereocenters. The number of aryl methyl sites for hydroxylation is 1. The maximum Gasteiger partial charge on any atom is 0.338 e. The molecule has 1 atom stereocenters. The van der Waals surface area contributed by atoms with Crippen LogP contribution in [0.15, 0.2) is 125 Å². The second-order valence-electron chi connectivity index (χ2n) is 15.9. The normalized spacial score (nSPS) is 13.7. The van der Waals surface area contributed by atoms with Crippen molar-refractivity contribution in [2.24, 2.45) is 7.05 Å². The molecule has 324 valence electrons. The Balaban J connectivity index is 0.987. The quantitative estimate of drug-likeness (QED) is 0.0820. The van der Waals surface area contributed by atoms with Gasteiger partial charge in [0, 0.05) is 83.9 Å². The lowest BCUT2D eigenvalue weighted by Crippen LogP contribution is -2.46. The van der Waals surface area contributed by atoms with Crippen molar-refractivity contribution in [2.75, 3.05) is 72.4 Å². The van der Waals surface area contributed by atoms with Gasteiger partial charge >= 0.3 is 5.97 Å². The Morgan fingerprint density at radius 1 is 0.823 bits per heavy atom. The molecule has 5 aromatic carbocycles. The molecule has 1 aliphatic rings. The second-order valence-corrected chi connectivity index (χ2v) is 18.6. The van der Waals surface area contributed by atoms with Crippen molar-refractivity contribution in [2.45, 2.75) is 36.1 Å². The molecule has 1 aromatic heterocycles. The average molecular weight is 879 g/mol. The van der Waals surface area contributed by atoms with E-state index in [1.54, 1.807) is 61.5 Å². The standard InChI is InChI=1S/C48H52F2N6O4S2/c1-32-29-41(21-22-43(32)51-38(23-24-53(3)4)31-61-44-12-7-6-11-42(44)50)62(59,60)52-37-17-19-39(20-18-37)55-25-27-56(28-26-55)40-10-8-9-35(30-40)46-45(48(57)58)33(2)54(5)47(46)34-13-15-36(49)16-14-34/h6-22,29-30,38,51-52H,23-28,31H2,1-5H3,(H,57,58)/t38-/m1/s1. The van der Waals surface area contributed by atoms with Crippen molar-refractivity contribution in [3.63, 3.8) is 0 Å². The van der Waals surface area contributed by atoms with Crippen molar-refractivity contribution in [1.82, 2.24) is 9.47 Å². The predicted octanol–water partition coefficient (Wildman–Crippen LogP) is 9.60. The van der Waals surface area contributed by atoms with E-state index in [0.29, 0.717) is 46.4 Å². The van der Waals surface area contributed by atoms with Crippen molar-refractivity contribution in [1.29, 1.82) is 0 Å². The Kier molecular flexibility index (Phi) is 13.6. The van der Waals surface area contributed by atoms with E-state index < -0.39 is 16.0 Å². The number of carboxylic acids is 1. The molecule has 6 aromatic rings. The molecule has 1 saturated heterocycles. The SMILES string of the molecule is Cc1cc(S(=O)(=O)Nc2ccc(N3CCN(c4cccc(-c5c(C(=O)O)c(C)n(C)c5-c5ccc(F)cc5)c4)CC3)cc2)ccc1N[C@H](CCN(C)C)CSc1ccccc1F. The fraction of sp³-hybridized carbons (Fsp3) is 0.271.